The van der Waals surface area contributed by atoms with E-state index < -0.39 is 0 Å². The van der Waals surface area contributed by atoms with Gasteiger partial charge in [0.15, 0.2) is 0 Å². The lowest BCUT2D eigenvalue weighted by molar-refractivity contribution is 0.0484. The minimum absolute atomic E-state index is 0.412. The number of rotatable bonds is 3. The quantitative estimate of drug-likeness (QED) is 0.741. The number of hydrogen-bond acceptors (Lipinski definition) is 2. The van der Waals surface area contributed by atoms with Crippen molar-refractivity contribution in [3.05, 3.63) is 0 Å². The molecule has 1 N–H and O–H groups in total. The van der Waals surface area contributed by atoms with Gasteiger partial charge in [-0.25, -0.2) is 0 Å². The Morgan fingerprint density at radius 1 is 1.43 bits per heavy atom. The summed E-state index contributed by atoms with van der Waals surface area (Å²) in [6, 6.07) is 0.674. The summed E-state index contributed by atoms with van der Waals surface area (Å²) in [6.07, 6.45) is 4.20. The minimum Gasteiger partial charge on any atom is -0.311 e. The maximum atomic E-state index is 3.61. The van der Waals surface area contributed by atoms with Crippen LogP contribution in [-0.4, -0.2) is 36.1 Å². The Bertz CT molecular complexity index is 198. The average Bonchev–Trinajstić information content (AvgIpc) is 2.96. The summed E-state index contributed by atoms with van der Waals surface area (Å²) < 4.78 is 0. The van der Waals surface area contributed by atoms with E-state index in [1.807, 2.05) is 0 Å². The highest BCUT2D eigenvalue weighted by molar-refractivity contribution is 4.95. The molecule has 2 heteroatoms. The first-order valence-corrected chi connectivity index (χ1v) is 6.12. The van der Waals surface area contributed by atoms with Gasteiger partial charge in [0.2, 0.25) is 0 Å². The van der Waals surface area contributed by atoms with E-state index in [0.717, 1.165) is 12.5 Å². The molecule has 1 saturated carbocycles. The lowest BCUT2D eigenvalue weighted by Gasteiger charge is -2.47. The fourth-order valence-corrected chi connectivity index (χ4v) is 2.38. The number of nitrogens with one attached hydrogen (secondary N) is 1. The molecule has 0 aromatic heterocycles. The second-order valence-corrected chi connectivity index (χ2v) is 5.48. The molecule has 2 fully saturated rings. The Hall–Kier alpha value is -0.0800. The highest BCUT2D eigenvalue weighted by Gasteiger charge is 2.37. The van der Waals surface area contributed by atoms with Gasteiger partial charge in [-0.05, 0) is 39.0 Å². The van der Waals surface area contributed by atoms with Crippen molar-refractivity contribution in [2.24, 2.45) is 5.92 Å². The van der Waals surface area contributed by atoms with E-state index in [0.29, 0.717) is 11.6 Å². The summed E-state index contributed by atoms with van der Waals surface area (Å²) in [5.74, 6) is 1.02. The SMILES string of the molecule is CCC1(C)CNC(C)CN1CC1CC1. The molecular formula is C12H24N2. The van der Waals surface area contributed by atoms with E-state index >= 15 is 0 Å². The fraction of sp³-hybridized carbons (Fsp3) is 1.00. The minimum atomic E-state index is 0.412. The van der Waals surface area contributed by atoms with Crippen LogP contribution >= 0.6 is 0 Å². The zero-order valence-electron chi connectivity index (χ0n) is 9.84. The van der Waals surface area contributed by atoms with E-state index in [4.69, 9.17) is 0 Å². The van der Waals surface area contributed by atoms with Gasteiger partial charge in [-0.15, -0.1) is 0 Å². The molecule has 14 heavy (non-hydrogen) atoms. The molecule has 1 heterocycles. The normalized spacial score (nSPS) is 40.1. The first kappa shape index (κ1) is 10.4. The topological polar surface area (TPSA) is 15.3 Å². The van der Waals surface area contributed by atoms with Crippen molar-refractivity contribution >= 4 is 0 Å². The maximum Gasteiger partial charge on any atom is 0.0304 e. The first-order chi connectivity index (χ1) is 6.64. The summed E-state index contributed by atoms with van der Waals surface area (Å²) in [6.45, 7) is 10.8. The van der Waals surface area contributed by atoms with Crippen molar-refractivity contribution in [2.45, 2.75) is 51.6 Å². The third-order valence-corrected chi connectivity index (χ3v) is 4.03. The number of piperazine rings is 1. The second-order valence-electron chi connectivity index (χ2n) is 5.48. The zero-order valence-corrected chi connectivity index (χ0v) is 9.84. The van der Waals surface area contributed by atoms with Crippen molar-refractivity contribution < 1.29 is 0 Å². The predicted octanol–water partition coefficient (Wildman–Crippen LogP) is 1.86. The molecule has 1 aliphatic carbocycles. The maximum absolute atomic E-state index is 3.61. The Morgan fingerprint density at radius 2 is 2.14 bits per heavy atom. The summed E-state index contributed by atoms with van der Waals surface area (Å²) in [5.41, 5.74) is 0.412. The highest BCUT2D eigenvalue weighted by Crippen LogP contribution is 2.33. The lowest BCUT2D eigenvalue weighted by atomic mass is 9.92. The van der Waals surface area contributed by atoms with Crippen LogP contribution in [0.15, 0.2) is 0 Å². The van der Waals surface area contributed by atoms with Gasteiger partial charge in [-0.3, -0.25) is 4.90 Å². The Morgan fingerprint density at radius 3 is 2.71 bits per heavy atom. The van der Waals surface area contributed by atoms with Gasteiger partial charge in [0.05, 0.1) is 0 Å². The van der Waals surface area contributed by atoms with E-state index in [1.54, 1.807) is 0 Å². The molecular weight excluding hydrogens is 172 g/mol. The molecule has 0 spiro atoms. The predicted molar refractivity (Wildman–Crippen MR) is 60.5 cm³/mol. The van der Waals surface area contributed by atoms with Gasteiger partial charge in [-0.1, -0.05) is 6.92 Å². The fourth-order valence-electron chi connectivity index (χ4n) is 2.38. The summed E-state index contributed by atoms with van der Waals surface area (Å²) >= 11 is 0. The van der Waals surface area contributed by atoms with Crippen molar-refractivity contribution in [1.82, 2.24) is 10.2 Å². The van der Waals surface area contributed by atoms with Gasteiger partial charge >= 0.3 is 0 Å². The van der Waals surface area contributed by atoms with Crippen LogP contribution in [0.1, 0.15) is 40.0 Å². The standard InChI is InChI=1S/C12H24N2/c1-4-12(3)9-13-10(2)7-14(12)8-11-5-6-11/h10-11,13H,4-9H2,1-3H3. The molecule has 1 saturated heterocycles. The van der Waals surface area contributed by atoms with Gasteiger partial charge < -0.3 is 5.32 Å². The van der Waals surface area contributed by atoms with Crippen molar-refractivity contribution in [3.63, 3.8) is 0 Å². The molecule has 0 bridgehead atoms. The first-order valence-electron chi connectivity index (χ1n) is 6.12. The van der Waals surface area contributed by atoms with Crippen molar-refractivity contribution in [2.75, 3.05) is 19.6 Å². The average molecular weight is 196 g/mol. The third-order valence-electron chi connectivity index (χ3n) is 4.03. The molecule has 0 aromatic rings. The molecule has 2 unspecified atom stereocenters. The summed E-state index contributed by atoms with van der Waals surface area (Å²) in [5, 5.41) is 3.61. The van der Waals surface area contributed by atoms with Gasteiger partial charge in [0.25, 0.3) is 0 Å². The monoisotopic (exact) mass is 196 g/mol. The highest BCUT2D eigenvalue weighted by atomic mass is 15.3. The van der Waals surface area contributed by atoms with Gasteiger partial charge in [-0.2, -0.15) is 0 Å². The largest absolute Gasteiger partial charge is 0.311 e. The van der Waals surface area contributed by atoms with Crippen LogP contribution in [0.5, 0.6) is 0 Å². The third kappa shape index (κ3) is 2.12. The molecule has 0 radical (unpaired) electrons. The van der Waals surface area contributed by atoms with Crippen LogP contribution in [0, 0.1) is 5.92 Å². The molecule has 0 aromatic carbocycles. The van der Waals surface area contributed by atoms with Gasteiger partial charge in [0, 0.05) is 31.2 Å². The molecule has 1 aliphatic heterocycles. The van der Waals surface area contributed by atoms with E-state index in [2.05, 4.69) is 31.0 Å². The Labute approximate surface area is 88.1 Å². The molecule has 82 valence electrons. The summed E-state index contributed by atoms with van der Waals surface area (Å²) in [4.78, 5) is 2.73. The van der Waals surface area contributed by atoms with Gasteiger partial charge in [0.1, 0.15) is 0 Å². The van der Waals surface area contributed by atoms with Crippen LogP contribution in [0.3, 0.4) is 0 Å². The molecule has 2 nitrogen and oxygen atoms in total. The lowest BCUT2D eigenvalue weighted by Crippen LogP contribution is -2.62. The smallest absolute Gasteiger partial charge is 0.0304 e. The van der Waals surface area contributed by atoms with Crippen molar-refractivity contribution in [1.29, 1.82) is 0 Å². The molecule has 2 aliphatic rings. The molecule has 2 atom stereocenters. The van der Waals surface area contributed by atoms with Crippen LogP contribution in [0.25, 0.3) is 0 Å². The number of hydrogen-bond donors (Lipinski definition) is 1. The molecule has 0 amide bonds. The van der Waals surface area contributed by atoms with E-state index in [-0.39, 0.29) is 0 Å². The number of nitrogens with zero attached hydrogens (tertiary/aromatic N) is 1. The van der Waals surface area contributed by atoms with E-state index in [1.165, 1.54) is 32.4 Å². The van der Waals surface area contributed by atoms with Crippen LogP contribution in [-0.2, 0) is 0 Å². The Kier molecular flexibility index (Phi) is 2.85. The molecule has 2 rings (SSSR count). The van der Waals surface area contributed by atoms with Crippen LogP contribution < -0.4 is 5.32 Å². The zero-order chi connectivity index (χ0) is 10.2. The second kappa shape index (κ2) is 3.82. The van der Waals surface area contributed by atoms with E-state index in [9.17, 15) is 0 Å². The summed E-state index contributed by atoms with van der Waals surface area (Å²) in [7, 11) is 0. The van der Waals surface area contributed by atoms with Crippen molar-refractivity contribution in [3.8, 4) is 0 Å². The van der Waals surface area contributed by atoms with Crippen LogP contribution in [0.4, 0.5) is 0 Å². The van der Waals surface area contributed by atoms with Crippen LogP contribution in [0.2, 0.25) is 0 Å². The Balaban J connectivity index is 1.98.